The molecule has 0 fully saturated rings. The van der Waals surface area contributed by atoms with E-state index in [2.05, 4.69) is 10.9 Å². The average molecular weight is 347 g/mol. The number of benzene rings is 1. The highest BCUT2D eigenvalue weighted by molar-refractivity contribution is 7.92. The minimum absolute atomic E-state index is 0.0259. The summed E-state index contributed by atoms with van der Waals surface area (Å²) in [5.41, 5.74) is 0.515. The molecule has 1 atom stereocenters. The molecule has 0 aliphatic rings. The Kier molecular flexibility index (Phi) is 5.52. The van der Waals surface area contributed by atoms with Gasteiger partial charge >= 0.3 is 0 Å². The van der Waals surface area contributed by atoms with Gasteiger partial charge in [0.15, 0.2) is 5.03 Å². The van der Waals surface area contributed by atoms with E-state index in [9.17, 15) is 8.42 Å². The lowest BCUT2D eigenvalue weighted by Crippen LogP contribution is -2.26. The number of sulfonamides is 1. The fraction of sp³-hybridized carbons (Fsp3) is 0.353. The number of terminal acetylenes is 1. The van der Waals surface area contributed by atoms with Crippen molar-refractivity contribution in [1.29, 1.82) is 0 Å². The number of rotatable bonds is 7. The molecular weight excluding hydrogens is 326 g/mol. The maximum Gasteiger partial charge on any atom is 0.283 e. The summed E-state index contributed by atoms with van der Waals surface area (Å²) in [6.45, 7) is 4.21. The van der Waals surface area contributed by atoms with Crippen molar-refractivity contribution >= 4 is 15.7 Å². The van der Waals surface area contributed by atoms with E-state index in [0.717, 1.165) is 6.42 Å². The number of hydrogen-bond acceptors (Lipinski definition) is 4. The van der Waals surface area contributed by atoms with Gasteiger partial charge in [-0.2, -0.15) is 8.42 Å². The van der Waals surface area contributed by atoms with Crippen molar-refractivity contribution in [1.82, 2.24) is 9.55 Å². The molecule has 2 rings (SSSR count). The van der Waals surface area contributed by atoms with Gasteiger partial charge in [0.25, 0.3) is 10.0 Å². The minimum Gasteiger partial charge on any atom is -0.481 e. The maximum atomic E-state index is 12.7. The zero-order valence-corrected chi connectivity index (χ0v) is 14.8. The van der Waals surface area contributed by atoms with Gasteiger partial charge in [-0.05, 0) is 37.6 Å². The zero-order valence-electron chi connectivity index (χ0n) is 14.0. The van der Waals surface area contributed by atoms with Gasteiger partial charge in [0.2, 0.25) is 0 Å². The van der Waals surface area contributed by atoms with Gasteiger partial charge in [-0.15, -0.1) is 6.42 Å². The molecule has 1 heterocycles. The van der Waals surface area contributed by atoms with Crippen LogP contribution in [-0.2, 0) is 10.0 Å². The summed E-state index contributed by atoms with van der Waals surface area (Å²) in [7, 11) is -2.22. The quantitative estimate of drug-likeness (QED) is 0.723. The standard InChI is InChI=1S/C17H21N3O3S/c1-5-11-23-16-9-7-15(8-10-16)19(4)24(21,22)17-12-20(13-18-17)14(3)6-2/h1,7-10,12-14H,6,11H2,2-4H3. The van der Waals surface area contributed by atoms with E-state index in [-0.39, 0.29) is 17.7 Å². The SMILES string of the molecule is C#CCOc1ccc(N(C)S(=O)(=O)c2cn(C(C)CC)cn2)cc1. The summed E-state index contributed by atoms with van der Waals surface area (Å²) in [5, 5.41) is 0.0259. The Bertz CT molecular complexity index is 820. The van der Waals surface area contributed by atoms with Gasteiger partial charge in [-0.3, -0.25) is 4.31 Å². The third-order valence-electron chi connectivity index (χ3n) is 3.82. The monoisotopic (exact) mass is 347 g/mol. The van der Waals surface area contributed by atoms with E-state index in [4.69, 9.17) is 11.2 Å². The van der Waals surface area contributed by atoms with Crippen molar-refractivity contribution in [3.8, 4) is 18.1 Å². The Labute approximate surface area is 143 Å². The van der Waals surface area contributed by atoms with Crippen LogP contribution in [-0.4, -0.2) is 31.6 Å². The largest absolute Gasteiger partial charge is 0.481 e. The van der Waals surface area contributed by atoms with E-state index in [1.807, 2.05) is 13.8 Å². The molecule has 0 radical (unpaired) electrons. The first kappa shape index (κ1) is 17.9. The van der Waals surface area contributed by atoms with Crippen molar-refractivity contribution in [3.63, 3.8) is 0 Å². The van der Waals surface area contributed by atoms with Crippen molar-refractivity contribution in [2.45, 2.75) is 31.3 Å². The molecule has 0 amide bonds. The van der Waals surface area contributed by atoms with Crippen molar-refractivity contribution < 1.29 is 13.2 Å². The van der Waals surface area contributed by atoms with Crippen LogP contribution in [0.5, 0.6) is 5.75 Å². The van der Waals surface area contributed by atoms with E-state index in [0.29, 0.717) is 11.4 Å². The predicted molar refractivity (Wildman–Crippen MR) is 93.6 cm³/mol. The summed E-state index contributed by atoms with van der Waals surface area (Å²) >= 11 is 0. The summed E-state index contributed by atoms with van der Waals surface area (Å²) in [6.07, 6.45) is 9.14. The second-order valence-corrected chi connectivity index (χ2v) is 7.29. The Morgan fingerprint density at radius 3 is 2.62 bits per heavy atom. The van der Waals surface area contributed by atoms with Crippen LogP contribution in [0.25, 0.3) is 0 Å². The van der Waals surface area contributed by atoms with Crippen molar-refractivity contribution in [2.75, 3.05) is 18.0 Å². The Morgan fingerprint density at radius 1 is 1.38 bits per heavy atom. The van der Waals surface area contributed by atoms with Gasteiger partial charge < -0.3 is 9.30 Å². The number of ether oxygens (including phenoxy) is 1. The fourth-order valence-electron chi connectivity index (χ4n) is 2.06. The van der Waals surface area contributed by atoms with E-state index >= 15 is 0 Å². The summed E-state index contributed by atoms with van der Waals surface area (Å²) in [5.74, 6) is 2.96. The molecular formula is C17H21N3O3S. The highest BCUT2D eigenvalue weighted by Crippen LogP contribution is 2.24. The van der Waals surface area contributed by atoms with Crippen LogP contribution >= 0.6 is 0 Å². The summed E-state index contributed by atoms with van der Waals surface area (Å²) in [6, 6.07) is 6.87. The zero-order chi connectivity index (χ0) is 17.7. The lowest BCUT2D eigenvalue weighted by molar-refractivity contribution is 0.370. The molecule has 1 aromatic carbocycles. The lowest BCUT2D eigenvalue weighted by atomic mass is 10.3. The van der Waals surface area contributed by atoms with E-state index in [1.54, 1.807) is 41.4 Å². The second kappa shape index (κ2) is 7.41. The van der Waals surface area contributed by atoms with Crippen molar-refractivity contribution in [2.24, 2.45) is 0 Å². The van der Waals surface area contributed by atoms with E-state index < -0.39 is 10.0 Å². The number of hydrogen-bond donors (Lipinski definition) is 0. The number of aromatic nitrogens is 2. The highest BCUT2D eigenvalue weighted by Gasteiger charge is 2.24. The van der Waals surface area contributed by atoms with Gasteiger partial charge in [0, 0.05) is 19.3 Å². The Balaban J connectivity index is 2.22. The van der Waals surface area contributed by atoms with Gasteiger partial charge in [-0.1, -0.05) is 12.8 Å². The molecule has 0 aliphatic carbocycles. The van der Waals surface area contributed by atoms with Gasteiger partial charge in [0.1, 0.15) is 12.4 Å². The summed E-state index contributed by atoms with van der Waals surface area (Å²) in [4.78, 5) is 4.05. The molecule has 2 aromatic rings. The van der Waals surface area contributed by atoms with Crippen LogP contribution in [0, 0.1) is 12.3 Å². The predicted octanol–water partition coefficient (Wildman–Crippen LogP) is 2.69. The van der Waals surface area contributed by atoms with Gasteiger partial charge in [0.05, 0.1) is 12.0 Å². The van der Waals surface area contributed by atoms with E-state index in [1.165, 1.54) is 11.4 Å². The molecule has 0 aliphatic heterocycles. The number of anilines is 1. The Hall–Kier alpha value is -2.46. The van der Waals surface area contributed by atoms with Crippen LogP contribution in [0.15, 0.2) is 41.8 Å². The lowest BCUT2D eigenvalue weighted by Gasteiger charge is -2.18. The fourth-order valence-corrected chi connectivity index (χ4v) is 3.17. The molecule has 0 N–H and O–H groups in total. The molecule has 128 valence electrons. The van der Waals surface area contributed by atoms with Crippen LogP contribution in [0.1, 0.15) is 26.3 Å². The van der Waals surface area contributed by atoms with Gasteiger partial charge in [-0.25, -0.2) is 4.98 Å². The Morgan fingerprint density at radius 2 is 2.04 bits per heavy atom. The maximum absolute atomic E-state index is 12.7. The first-order chi connectivity index (χ1) is 11.4. The normalized spacial score (nSPS) is 12.4. The van der Waals surface area contributed by atoms with Crippen LogP contribution in [0.3, 0.4) is 0 Å². The molecule has 0 saturated carbocycles. The topological polar surface area (TPSA) is 64.4 Å². The molecule has 1 aromatic heterocycles. The number of nitrogens with zero attached hydrogens (tertiary/aromatic N) is 3. The van der Waals surface area contributed by atoms with Crippen LogP contribution in [0.4, 0.5) is 5.69 Å². The molecule has 24 heavy (non-hydrogen) atoms. The van der Waals surface area contributed by atoms with Crippen molar-refractivity contribution in [3.05, 3.63) is 36.8 Å². The molecule has 0 bridgehead atoms. The minimum atomic E-state index is -3.71. The first-order valence-electron chi connectivity index (χ1n) is 7.59. The van der Waals surface area contributed by atoms with Crippen LogP contribution < -0.4 is 9.04 Å². The molecule has 0 spiro atoms. The number of imidazole rings is 1. The highest BCUT2D eigenvalue weighted by atomic mass is 32.2. The molecule has 7 heteroatoms. The molecule has 1 unspecified atom stereocenters. The van der Waals surface area contributed by atoms with Crippen LogP contribution in [0.2, 0.25) is 0 Å². The second-order valence-electron chi connectivity index (χ2n) is 5.38. The third-order valence-corrected chi connectivity index (χ3v) is 5.50. The molecule has 6 nitrogen and oxygen atoms in total. The molecule has 0 saturated heterocycles. The smallest absolute Gasteiger partial charge is 0.283 e. The average Bonchev–Trinajstić information content (AvgIpc) is 3.10. The third kappa shape index (κ3) is 3.71. The first-order valence-corrected chi connectivity index (χ1v) is 9.03. The summed E-state index contributed by atoms with van der Waals surface area (Å²) < 4.78 is 33.7.